The van der Waals surface area contributed by atoms with Crippen LogP contribution in [-0.4, -0.2) is 102 Å². The van der Waals surface area contributed by atoms with Crippen LogP contribution >= 0.6 is 11.3 Å². The van der Waals surface area contributed by atoms with Crippen LogP contribution in [0.3, 0.4) is 0 Å². The summed E-state index contributed by atoms with van der Waals surface area (Å²) in [4.78, 5) is 13.8. The van der Waals surface area contributed by atoms with E-state index in [9.17, 15) is 26.9 Å². The number of nitriles is 1. The third-order valence-electron chi connectivity index (χ3n) is 9.04. The highest BCUT2D eigenvalue weighted by Gasteiger charge is 2.30. The maximum absolute atomic E-state index is 12.9. The van der Waals surface area contributed by atoms with Gasteiger partial charge in [0.25, 0.3) is 0 Å². The van der Waals surface area contributed by atoms with Crippen molar-refractivity contribution in [2.45, 2.75) is 44.6 Å². The van der Waals surface area contributed by atoms with E-state index in [1.165, 1.54) is 10.6 Å². The summed E-state index contributed by atoms with van der Waals surface area (Å²) in [5.74, 6) is 1.31. The third-order valence-corrected chi connectivity index (χ3v) is 11.6. The molecule has 16 heteroatoms. The van der Waals surface area contributed by atoms with Gasteiger partial charge in [-0.3, -0.25) is 9.80 Å². The van der Waals surface area contributed by atoms with Crippen LogP contribution < -0.4 is 10.1 Å². The molecule has 11 nitrogen and oxygen atoms in total. The fourth-order valence-electron chi connectivity index (χ4n) is 6.51. The number of hydrogen-bond acceptors (Lipinski definition) is 10. The van der Waals surface area contributed by atoms with Crippen molar-refractivity contribution in [3.63, 3.8) is 0 Å². The van der Waals surface area contributed by atoms with Crippen LogP contribution in [0.1, 0.15) is 29.0 Å². The van der Waals surface area contributed by atoms with Gasteiger partial charge in [0.2, 0.25) is 10.0 Å². The maximum Gasteiger partial charge on any atom is 0.393 e. The van der Waals surface area contributed by atoms with E-state index in [1.54, 1.807) is 13.2 Å². The molecule has 48 heavy (non-hydrogen) atoms. The molecule has 3 aromatic heterocycles. The summed E-state index contributed by atoms with van der Waals surface area (Å²) in [6.45, 7) is 8.97. The lowest BCUT2D eigenvalue weighted by Gasteiger charge is -2.33. The van der Waals surface area contributed by atoms with Gasteiger partial charge in [0, 0.05) is 92.2 Å². The first-order valence-electron chi connectivity index (χ1n) is 15.7. The van der Waals surface area contributed by atoms with Crippen molar-refractivity contribution in [2.75, 3.05) is 58.2 Å². The Morgan fingerprint density at radius 2 is 1.83 bits per heavy atom. The Hall–Kier alpha value is -3.75. The average Bonchev–Trinajstić information content (AvgIpc) is 3.63. The Morgan fingerprint density at radius 1 is 1.08 bits per heavy atom. The first-order valence-corrected chi connectivity index (χ1v) is 18.0. The number of piperidine rings is 1. The summed E-state index contributed by atoms with van der Waals surface area (Å²) in [5, 5.41) is 15.9. The second kappa shape index (κ2) is 14.0. The van der Waals surface area contributed by atoms with Gasteiger partial charge in [-0.25, -0.2) is 18.4 Å². The second-order valence-electron chi connectivity index (χ2n) is 12.1. The third kappa shape index (κ3) is 7.60. The van der Waals surface area contributed by atoms with E-state index in [4.69, 9.17) is 4.74 Å². The number of nitrogens with one attached hydrogen (secondary N) is 1. The van der Waals surface area contributed by atoms with Crippen LogP contribution in [-0.2, 0) is 29.5 Å². The van der Waals surface area contributed by atoms with Crippen molar-refractivity contribution < 1.29 is 26.3 Å². The van der Waals surface area contributed by atoms with E-state index in [0.717, 1.165) is 64.9 Å². The highest BCUT2D eigenvalue weighted by molar-refractivity contribution is 7.92. The summed E-state index contributed by atoms with van der Waals surface area (Å²) >= 11 is 1.05. The van der Waals surface area contributed by atoms with Gasteiger partial charge in [0.15, 0.2) is 0 Å². The molecule has 0 saturated carbocycles. The van der Waals surface area contributed by atoms with Gasteiger partial charge >= 0.3 is 6.18 Å². The largest absolute Gasteiger partial charge is 0.496 e. The number of nitrogens with zero attached hydrogens (tertiary/aromatic N) is 7. The number of methoxy groups -OCH3 is 1. The average molecular weight is 703 g/mol. The molecule has 1 aromatic carbocycles. The molecule has 0 aliphatic carbocycles. The van der Waals surface area contributed by atoms with E-state index in [0.29, 0.717) is 67.5 Å². The van der Waals surface area contributed by atoms with Crippen LogP contribution in [0.2, 0.25) is 0 Å². The number of hydrogen-bond donors (Lipinski definition) is 1. The topological polar surface area (TPSA) is 120 Å². The second-order valence-corrected chi connectivity index (χ2v) is 15.1. The molecule has 1 N–H and O–H groups in total. The molecule has 2 fully saturated rings. The predicted molar refractivity (Wildman–Crippen MR) is 179 cm³/mol. The number of halogens is 3. The van der Waals surface area contributed by atoms with Crippen LogP contribution in [0.25, 0.3) is 21.1 Å². The van der Waals surface area contributed by atoms with Gasteiger partial charge in [-0.2, -0.15) is 22.7 Å². The van der Waals surface area contributed by atoms with Crippen LogP contribution in [0, 0.1) is 11.3 Å². The Morgan fingerprint density at radius 3 is 2.50 bits per heavy atom. The minimum absolute atomic E-state index is 0.122. The van der Waals surface area contributed by atoms with Gasteiger partial charge < -0.3 is 14.6 Å². The summed E-state index contributed by atoms with van der Waals surface area (Å²) in [6.07, 6.45) is -2.20. The van der Waals surface area contributed by atoms with Crippen molar-refractivity contribution in [1.82, 2.24) is 28.6 Å². The number of piperazine rings is 1. The Bertz CT molecular complexity index is 1940. The zero-order valence-electron chi connectivity index (χ0n) is 26.5. The molecule has 0 amide bonds. The number of fused-ring (bicyclic) bond motifs is 2. The molecule has 0 unspecified atom stereocenters. The minimum atomic E-state index is -4.28. The molecule has 6 rings (SSSR count). The van der Waals surface area contributed by atoms with Gasteiger partial charge in [-0.15, -0.1) is 11.3 Å². The monoisotopic (exact) mass is 702 g/mol. The predicted octanol–water partition coefficient (Wildman–Crippen LogP) is 4.80. The normalized spacial score (nSPS) is 17.6. The van der Waals surface area contributed by atoms with Crippen molar-refractivity contribution in [3.8, 4) is 11.8 Å². The van der Waals surface area contributed by atoms with Crippen molar-refractivity contribution in [3.05, 3.63) is 58.7 Å². The Kier molecular flexibility index (Phi) is 9.96. The summed E-state index contributed by atoms with van der Waals surface area (Å²) in [6, 6.07) is 9.96. The minimum Gasteiger partial charge on any atom is -0.496 e. The molecular weight excluding hydrogens is 666 g/mol. The lowest BCUT2D eigenvalue weighted by Crippen LogP contribution is -2.48. The molecule has 2 aliphatic heterocycles. The fourth-order valence-corrected chi connectivity index (χ4v) is 8.42. The van der Waals surface area contributed by atoms with E-state index >= 15 is 0 Å². The molecule has 0 bridgehead atoms. The smallest absolute Gasteiger partial charge is 0.393 e. The van der Waals surface area contributed by atoms with Crippen LogP contribution in [0.15, 0.2) is 42.6 Å². The molecule has 0 spiro atoms. The zero-order chi connectivity index (χ0) is 34.1. The van der Waals surface area contributed by atoms with E-state index in [1.807, 2.05) is 16.7 Å². The van der Waals surface area contributed by atoms with E-state index < -0.39 is 22.6 Å². The highest BCUT2D eigenvalue weighted by atomic mass is 32.2. The van der Waals surface area contributed by atoms with Crippen molar-refractivity contribution in [1.29, 1.82) is 5.26 Å². The number of thiophene rings is 1. The molecule has 0 atom stereocenters. The standard InChI is InChI=1S/C32H37F3N8O3S2/c1-3-48(44,45)42-11-8-40(9-12-42)10-13-43-25(19-36)15-22-14-23(29(46-2)17-28(22)43)20-41-6-4-24(5-7-41)39-30-27-16-26(18-32(33,34)35)47-31(27)38-21-37-30/h3,14-17,21,24H,1,4-13,18,20H2,2H3,(H,37,38,39). The number of aromatic nitrogens is 3. The zero-order valence-corrected chi connectivity index (χ0v) is 28.2. The van der Waals surface area contributed by atoms with Gasteiger partial charge in [0.05, 0.1) is 24.4 Å². The van der Waals surface area contributed by atoms with Crippen LogP contribution in [0.4, 0.5) is 19.0 Å². The lowest BCUT2D eigenvalue weighted by molar-refractivity contribution is -0.126. The number of anilines is 1. The summed E-state index contributed by atoms with van der Waals surface area (Å²) < 4.78 is 72.3. The van der Waals surface area contributed by atoms with Gasteiger partial charge in [0.1, 0.15) is 34.5 Å². The molecule has 4 aromatic rings. The van der Waals surface area contributed by atoms with Crippen LogP contribution in [0.5, 0.6) is 5.75 Å². The quantitative estimate of drug-likeness (QED) is 0.235. The lowest BCUT2D eigenvalue weighted by atomic mass is 10.0. The number of ether oxygens (including phenoxy) is 1. The molecule has 0 radical (unpaired) electrons. The molecule has 256 valence electrons. The van der Waals surface area contributed by atoms with Gasteiger partial charge in [-0.1, -0.05) is 6.58 Å². The maximum atomic E-state index is 12.9. The summed E-state index contributed by atoms with van der Waals surface area (Å²) in [7, 11) is -1.78. The number of likely N-dealkylation sites (tertiary alicyclic amines) is 1. The number of benzene rings is 1. The van der Waals surface area contributed by atoms with E-state index in [2.05, 4.69) is 43.8 Å². The summed E-state index contributed by atoms with van der Waals surface area (Å²) in [5.41, 5.74) is 2.48. The van der Waals surface area contributed by atoms with Crippen molar-refractivity contribution >= 4 is 48.3 Å². The number of alkyl halides is 3. The first-order chi connectivity index (χ1) is 23.0. The molecular formula is C32H37F3N8O3S2. The Balaban J connectivity index is 1.08. The highest BCUT2D eigenvalue weighted by Crippen LogP contribution is 2.34. The first kappa shape index (κ1) is 34.1. The van der Waals surface area contributed by atoms with Gasteiger partial charge in [-0.05, 0) is 31.0 Å². The fraction of sp³-hybridized carbons (Fsp3) is 0.469. The number of rotatable bonds is 11. The molecule has 2 saturated heterocycles. The SMILES string of the molecule is C=CS(=O)(=O)N1CCN(CCn2c(C#N)cc3cc(CN4CCC(Nc5ncnc6sc(CC(F)(F)F)cc56)CC4)c(OC)cc32)CC1. The molecule has 2 aliphatic rings. The van der Waals surface area contributed by atoms with E-state index in [-0.39, 0.29) is 10.9 Å². The van der Waals surface area contributed by atoms with Crippen molar-refractivity contribution in [2.24, 2.45) is 0 Å². The molecule has 5 heterocycles. The Labute approximate surface area is 281 Å². The number of sulfonamides is 1.